The lowest BCUT2D eigenvalue weighted by atomic mass is 10.2. The molecule has 0 aliphatic carbocycles. The fourth-order valence-corrected chi connectivity index (χ4v) is 2.20. The molecule has 1 aromatic carbocycles. The van der Waals surface area contributed by atoms with Gasteiger partial charge in [0, 0.05) is 25.2 Å². The Balaban J connectivity index is 1.92. The van der Waals surface area contributed by atoms with Gasteiger partial charge in [0.2, 0.25) is 0 Å². The monoisotopic (exact) mass is 298 g/mol. The van der Waals surface area contributed by atoms with Crippen molar-refractivity contribution in [3.05, 3.63) is 29.8 Å². The molecule has 0 radical (unpaired) electrons. The Bertz CT molecular complexity index is 529. The first kappa shape index (κ1) is 15.5. The van der Waals surface area contributed by atoms with Crippen molar-refractivity contribution in [3.63, 3.8) is 0 Å². The van der Waals surface area contributed by atoms with Gasteiger partial charge in [-0.25, -0.2) is 13.6 Å². The van der Waals surface area contributed by atoms with Crippen LogP contribution in [0.25, 0.3) is 0 Å². The van der Waals surface area contributed by atoms with E-state index in [9.17, 15) is 13.6 Å². The third kappa shape index (κ3) is 4.31. The fraction of sp³-hybridized carbons (Fsp3) is 0.533. The molecule has 4 nitrogen and oxygen atoms in total. The van der Waals surface area contributed by atoms with Crippen molar-refractivity contribution in [1.29, 1.82) is 0 Å². The van der Waals surface area contributed by atoms with E-state index in [2.05, 4.69) is 5.32 Å². The predicted molar refractivity (Wildman–Crippen MR) is 76.2 cm³/mol. The summed E-state index contributed by atoms with van der Waals surface area (Å²) in [5.74, 6) is -1.24. The van der Waals surface area contributed by atoms with Crippen LogP contribution in [0, 0.1) is 11.6 Å². The zero-order valence-electron chi connectivity index (χ0n) is 12.5. The summed E-state index contributed by atoms with van der Waals surface area (Å²) in [5.41, 5.74) is -0.293. The van der Waals surface area contributed by atoms with Crippen molar-refractivity contribution in [3.8, 4) is 0 Å². The SMILES string of the molecule is CC(C)(C)OC(=O)N1CCC(Nc2ccc(F)cc2F)C1. The summed E-state index contributed by atoms with van der Waals surface area (Å²) in [6.45, 7) is 6.42. The number of halogens is 2. The highest BCUT2D eigenvalue weighted by Gasteiger charge is 2.30. The van der Waals surface area contributed by atoms with Crippen molar-refractivity contribution in [2.24, 2.45) is 0 Å². The zero-order chi connectivity index (χ0) is 15.6. The largest absolute Gasteiger partial charge is 0.444 e. The summed E-state index contributed by atoms with van der Waals surface area (Å²) in [5, 5.41) is 2.99. The van der Waals surface area contributed by atoms with Crippen LogP contribution in [0.4, 0.5) is 19.3 Å². The first-order valence-corrected chi connectivity index (χ1v) is 6.94. The second-order valence-corrected chi connectivity index (χ2v) is 6.18. The lowest BCUT2D eigenvalue weighted by Crippen LogP contribution is -2.36. The third-order valence-corrected chi connectivity index (χ3v) is 3.13. The quantitative estimate of drug-likeness (QED) is 0.910. The Kier molecular flexibility index (Phi) is 4.34. The maximum Gasteiger partial charge on any atom is 0.410 e. The summed E-state index contributed by atoms with van der Waals surface area (Å²) in [4.78, 5) is 13.5. The van der Waals surface area contributed by atoms with Gasteiger partial charge in [-0.1, -0.05) is 0 Å². The molecule has 116 valence electrons. The minimum absolute atomic E-state index is 0.0718. The number of hydrogen-bond donors (Lipinski definition) is 1. The van der Waals surface area contributed by atoms with Gasteiger partial charge in [0.1, 0.15) is 17.2 Å². The van der Waals surface area contributed by atoms with Crippen molar-refractivity contribution < 1.29 is 18.3 Å². The molecule has 1 unspecified atom stereocenters. The Hall–Kier alpha value is -1.85. The summed E-state index contributed by atoms with van der Waals surface area (Å²) in [6.07, 6.45) is 0.321. The fourth-order valence-electron chi connectivity index (χ4n) is 2.20. The van der Waals surface area contributed by atoms with E-state index in [4.69, 9.17) is 4.74 Å². The Labute approximate surface area is 123 Å². The van der Waals surface area contributed by atoms with E-state index in [1.165, 1.54) is 12.1 Å². The molecule has 21 heavy (non-hydrogen) atoms. The van der Waals surface area contributed by atoms with E-state index >= 15 is 0 Å². The predicted octanol–water partition coefficient (Wildman–Crippen LogP) is 3.39. The number of likely N-dealkylation sites (tertiary alicyclic amines) is 1. The van der Waals surface area contributed by atoms with Crippen molar-refractivity contribution in [2.75, 3.05) is 18.4 Å². The number of anilines is 1. The summed E-state index contributed by atoms with van der Waals surface area (Å²) in [6, 6.07) is 3.33. The summed E-state index contributed by atoms with van der Waals surface area (Å²) < 4.78 is 31.7. The van der Waals surface area contributed by atoms with Gasteiger partial charge in [0.15, 0.2) is 0 Å². The van der Waals surface area contributed by atoms with Crippen LogP contribution in [0.15, 0.2) is 18.2 Å². The lowest BCUT2D eigenvalue weighted by molar-refractivity contribution is 0.0293. The maximum absolute atomic E-state index is 13.6. The van der Waals surface area contributed by atoms with Gasteiger partial charge in [0.05, 0.1) is 5.69 Å². The number of hydrogen-bond acceptors (Lipinski definition) is 3. The van der Waals surface area contributed by atoms with E-state index in [0.717, 1.165) is 6.07 Å². The average molecular weight is 298 g/mol. The number of benzene rings is 1. The Morgan fingerprint density at radius 1 is 1.38 bits per heavy atom. The molecule has 2 rings (SSSR count). The Morgan fingerprint density at radius 2 is 2.10 bits per heavy atom. The van der Waals surface area contributed by atoms with E-state index in [1.807, 2.05) is 20.8 Å². The summed E-state index contributed by atoms with van der Waals surface area (Å²) in [7, 11) is 0. The lowest BCUT2D eigenvalue weighted by Gasteiger charge is -2.24. The van der Waals surface area contributed by atoms with Crippen molar-refractivity contribution in [2.45, 2.75) is 38.8 Å². The molecule has 0 spiro atoms. The first-order chi connectivity index (χ1) is 9.74. The van der Waals surface area contributed by atoms with E-state index in [1.54, 1.807) is 4.90 Å². The summed E-state index contributed by atoms with van der Waals surface area (Å²) >= 11 is 0. The number of nitrogens with zero attached hydrogens (tertiary/aromatic N) is 1. The average Bonchev–Trinajstić information content (AvgIpc) is 2.79. The van der Waals surface area contributed by atoms with Crippen LogP contribution >= 0.6 is 0 Å². The second kappa shape index (κ2) is 5.87. The second-order valence-electron chi connectivity index (χ2n) is 6.18. The number of ether oxygens (including phenoxy) is 1. The highest BCUT2D eigenvalue weighted by molar-refractivity contribution is 5.68. The normalized spacial score (nSPS) is 18.7. The van der Waals surface area contributed by atoms with Crippen molar-refractivity contribution in [1.82, 2.24) is 4.90 Å². The molecule has 1 heterocycles. The third-order valence-electron chi connectivity index (χ3n) is 3.13. The number of amides is 1. The van der Waals surface area contributed by atoms with Crippen LogP contribution in [0.3, 0.4) is 0 Å². The smallest absolute Gasteiger partial charge is 0.410 e. The maximum atomic E-state index is 13.6. The molecule has 1 saturated heterocycles. The number of nitrogens with one attached hydrogen (secondary N) is 1. The van der Waals surface area contributed by atoms with Gasteiger partial charge in [-0.15, -0.1) is 0 Å². The van der Waals surface area contributed by atoms with Gasteiger partial charge >= 0.3 is 6.09 Å². The molecule has 1 atom stereocenters. The molecular weight excluding hydrogens is 278 g/mol. The van der Waals surface area contributed by atoms with Gasteiger partial charge in [-0.3, -0.25) is 0 Å². The molecule has 0 saturated carbocycles. The number of carbonyl (C=O) groups is 1. The minimum Gasteiger partial charge on any atom is -0.444 e. The first-order valence-electron chi connectivity index (χ1n) is 6.94. The van der Waals surface area contributed by atoms with Crippen molar-refractivity contribution >= 4 is 11.8 Å². The van der Waals surface area contributed by atoms with Crippen LogP contribution in [0.5, 0.6) is 0 Å². The van der Waals surface area contributed by atoms with Crippen LogP contribution in [0.2, 0.25) is 0 Å². The molecular formula is C15H20F2N2O2. The van der Waals surface area contributed by atoms with E-state index < -0.39 is 17.2 Å². The molecule has 6 heteroatoms. The van der Waals surface area contributed by atoms with E-state index in [0.29, 0.717) is 19.5 Å². The van der Waals surface area contributed by atoms with Crippen LogP contribution in [-0.4, -0.2) is 35.7 Å². The Morgan fingerprint density at radius 3 is 2.71 bits per heavy atom. The number of rotatable bonds is 2. The van der Waals surface area contributed by atoms with Gasteiger partial charge in [-0.2, -0.15) is 0 Å². The minimum atomic E-state index is -0.634. The molecule has 1 amide bonds. The van der Waals surface area contributed by atoms with Crippen LogP contribution in [0.1, 0.15) is 27.2 Å². The highest BCUT2D eigenvalue weighted by Crippen LogP contribution is 2.21. The van der Waals surface area contributed by atoms with Crippen LogP contribution < -0.4 is 5.32 Å². The zero-order valence-corrected chi connectivity index (χ0v) is 12.5. The molecule has 0 bridgehead atoms. The molecule has 1 aliphatic heterocycles. The molecule has 1 aromatic rings. The van der Waals surface area contributed by atoms with E-state index in [-0.39, 0.29) is 17.8 Å². The van der Waals surface area contributed by atoms with Crippen LogP contribution in [-0.2, 0) is 4.74 Å². The highest BCUT2D eigenvalue weighted by atomic mass is 19.1. The number of carbonyl (C=O) groups excluding carboxylic acids is 1. The molecule has 0 aromatic heterocycles. The van der Waals surface area contributed by atoms with Gasteiger partial charge in [0.25, 0.3) is 0 Å². The molecule has 1 aliphatic rings. The molecule has 1 N–H and O–H groups in total. The topological polar surface area (TPSA) is 41.6 Å². The van der Waals surface area contributed by atoms with Gasteiger partial charge < -0.3 is 15.0 Å². The standard InChI is InChI=1S/C15H20F2N2O2/c1-15(2,3)21-14(20)19-7-6-11(9-19)18-13-5-4-10(16)8-12(13)17/h4-5,8,11,18H,6-7,9H2,1-3H3. The molecule has 1 fully saturated rings. The van der Waals surface area contributed by atoms with Gasteiger partial charge in [-0.05, 0) is 39.3 Å².